The third-order valence-electron chi connectivity index (χ3n) is 4.89. The van der Waals surface area contributed by atoms with E-state index < -0.39 is 0 Å². The lowest BCUT2D eigenvalue weighted by atomic mass is 10.0. The minimum Gasteiger partial charge on any atom is -0.497 e. The molecule has 6 nitrogen and oxygen atoms in total. The highest BCUT2D eigenvalue weighted by Gasteiger charge is 2.21. The number of carbonyl (C=O) groups is 1. The molecule has 2 aliphatic heterocycles. The molecule has 0 aromatic heterocycles. The predicted octanol–water partition coefficient (Wildman–Crippen LogP) is 2.17. The van der Waals surface area contributed by atoms with Crippen molar-refractivity contribution in [1.29, 1.82) is 0 Å². The standard InChI is InChI=1S/C19H29N3O3/c1-24-17-6-7-18-15(13-17)12-16(14-25-18)21-19(23)20-8-5-11-22-9-3-2-4-10-22/h6-7,13,16H,2-5,8-12,14H2,1H3,(H2,20,21,23)/t16-/m0/s1. The minimum absolute atomic E-state index is 0.0123. The molecular formula is C19H29N3O3. The molecule has 3 rings (SSSR count). The first kappa shape index (κ1) is 17.9. The van der Waals surface area contributed by atoms with Crippen LogP contribution in [0.3, 0.4) is 0 Å². The van der Waals surface area contributed by atoms with Crippen molar-refractivity contribution in [2.24, 2.45) is 0 Å². The number of amides is 2. The summed E-state index contributed by atoms with van der Waals surface area (Å²) in [5.41, 5.74) is 1.07. The second-order valence-corrected chi connectivity index (χ2v) is 6.84. The topological polar surface area (TPSA) is 62.8 Å². The average molecular weight is 347 g/mol. The molecule has 0 spiro atoms. The number of methoxy groups -OCH3 is 1. The fraction of sp³-hybridized carbons (Fsp3) is 0.632. The third-order valence-corrected chi connectivity index (χ3v) is 4.89. The Morgan fingerprint density at radius 3 is 2.96 bits per heavy atom. The number of ether oxygens (including phenoxy) is 2. The molecule has 1 aromatic rings. The van der Waals surface area contributed by atoms with Crippen molar-refractivity contribution in [1.82, 2.24) is 15.5 Å². The van der Waals surface area contributed by atoms with E-state index >= 15 is 0 Å². The van der Waals surface area contributed by atoms with Crippen LogP contribution in [0.5, 0.6) is 11.5 Å². The van der Waals surface area contributed by atoms with E-state index in [2.05, 4.69) is 15.5 Å². The first-order valence-electron chi connectivity index (χ1n) is 9.31. The van der Waals surface area contributed by atoms with E-state index in [0.717, 1.165) is 36.4 Å². The fourth-order valence-electron chi connectivity index (χ4n) is 3.51. The van der Waals surface area contributed by atoms with Gasteiger partial charge in [-0.3, -0.25) is 0 Å². The summed E-state index contributed by atoms with van der Waals surface area (Å²) in [7, 11) is 1.65. The molecule has 6 heteroatoms. The van der Waals surface area contributed by atoms with E-state index in [0.29, 0.717) is 13.2 Å². The molecule has 2 N–H and O–H groups in total. The van der Waals surface area contributed by atoms with Crippen LogP contribution in [0, 0.1) is 0 Å². The van der Waals surface area contributed by atoms with Crippen LogP contribution in [-0.4, -0.2) is 56.9 Å². The van der Waals surface area contributed by atoms with Gasteiger partial charge in [0.05, 0.1) is 13.2 Å². The Hall–Kier alpha value is -1.95. The van der Waals surface area contributed by atoms with Gasteiger partial charge in [0.15, 0.2) is 0 Å². The summed E-state index contributed by atoms with van der Waals surface area (Å²) in [6.07, 6.45) is 5.72. The van der Waals surface area contributed by atoms with E-state index in [1.807, 2.05) is 18.2 Å². The van der Waals surface area contributed by atoms with Crippen molar-refractivity contribution in [3.05, 3.63) is 23.8 Å². The number of rotatable bonds is 6. The Morgan fingerprint density at radius 2 is 2.16 bits per heavy atom. The van der Waals surface area contributed by atoms with Gasteiger partial charge in [0.2, 0.25) is 0 Å². The number of urea groups is 1. The molecule has 1 aromatic carbocycles. The van der Waals surface area contributed by atoms with Gasteiger partial charge in [0.25, 0.3) is 0 Å². The molecular weight excluding hydrogens is 318 g/mol. The van der Waals surface area contributed by atoms with E-state index in [4.69, 9.17) is 9.47 Å². The van der Waals surface area contributed by atoms with Crippen LogP contribution in [0.25, 0.3) is 0 Å². The predicted molar refractivity (Wildman–Crippen MR) is 97.4 cm³/mol. The molecule has 0 aliphatic carbocycles. The van der Waals surface area contributed by atoms with Gasteiger partial charge in [0, 0.05) is 6.54 Å². The van der Waals surface area contributed by atoms with Crippen LogP contribution in [0.1, 0.15) is 31.2 Å². The van der Waals surface area contributed by atoms with E-state index in [9.17, 15) is 4.79 Å². The van der Waals surface area contributed by atoms with Gasteiger partial charge in [-0.2, -0.15) is 0 Å². The van der Waals surface area contributed by atoms with Crippen LogP contribution >= 0.6 is 0 Å². The first-order chi connectivity index (χ1) is 12.2. The van der Waals surface area contributed by atoms with E-state index in [-0.39, 0.29) is 12.1 Å². The van der Waals surface area contributed by atoms with Crippen LogP contribution in [0.15, 0.2) is 18.2 Å². The summed E-state index contributed by atoms with van der Waals surface area (Å²) in [4.78, 5) is 14.6. The quantitative estimate of drug-likeness (QED) is 0.774. The zero-order chi connectivity index (χ0) is 17.5. The average Bonchev–Trinajstić information content (AvgIpc) is 2.65. The van der Waals surface area contributed by atoms with Crippen molar-refractivity contribution in [3.63, 3.8) is 0 Å². The Kier molecular flexibility index (Phi) is 6.39. The number of hydrogen-bond donors (Lipinski definition) is 2. The number of benzene rings is 1. The Bertz CT molecular complexity index is 573. The van der Waals surface area contributed by atoms with Crippen LogP contribution in [0.4, 0.5) is 4.79 Å². The molecule has 2 heterocycles. The highest BCUT2D eigenvalue weighted by molar-refractivity contribution is 5.74. The van der Waals surface area contributed by atoms with Crippen molar-refractivity contribution < 1.29 is 14.3 Å². The number of nitrogens with zero attached hydrogens (tertiary/aromatic N) is 1. The van der Waals surface area contributed by atoms with Crippen molar-refractivity contribution in [3.8, 4) is 11.5 Å². The van der Waals surface area contributed by atoms with Crippen molar-refractivity contribution in [2.45, 2.75) is 38.1 Å². The normalized spacial score (nSPS) is 20.3. The molecule has 0 radical (unpaired) electrons. The molecule has 1 atom stereocenters. The van der Waals surface area contributed by atoms with Gasteiger partial charge in [-0.25, -0.2) is 4.79 Å². The highest BCUT2D eigenvalue weighted by atomic mass is 16.5. The Balaban J connectivity index is 1.36. The second-order valence-electron chi connectivity index (χ2n) is 6.84. The number of likely N-dealkylation sites (tertiary alicyclic amines) is 1. The number of piperidine rings is 1. The van der Waals surface area contributed by atoms with E-state index in [1.54, 1.807) is 7.11 Å². The highest BCUT2D eigenvalue weighted by Crippen LogP contribution is 2.28. The van der Waals surface area contributed by atoms with Gasteiger partial charge in [-0.15, -0.1) is 0 Å². The Morgan fingerprint density at radius 1 is 1.32 bits per heavy atom. The lowest BCUT2D eigenvalue weighted by Crippen LogP contribution is -2.47. The van der Waals surface area contributed by atoms with Crippen LogP contribution in [-0.2, 0) is 6.42 Å². The maximum Gasteiger partial charge on any atom is 0.315 e. The zero-order valence-electron chi connectivity index (χ0n) is 15.1. The molecule has 0 saturated carbocycles. The summed E-state index contributed by atoms with van der Waals surface area (Å²) in [5.74, 6) is 1.69. The molecule has 1 saturated heterocycles. The molecule has 25 heavy (non-hydrogen) atoms. The molecule has 0 bridgehead atoms. The van der Waals surface area contributed by atoms with Gasteiger partial charge in [0.1, 0.15) is 18.1 Å². The second kappa shape index (κ2) is 8.94. The molecule has 138 valence electrons. The molecule has 2 aliphatic rings. The number of nitrogens with one attached hydrogen (secondary N) is 2. The number of fused-ring (bicyclic) bond motifs is 1. The Labute approximate surface area is 149 Å². The zero-order valence-corrected chi connectivity index (χ0v) is 15.1. The number of carbonyl (C=O) groups excluding carboxylic acids is 1. The summed E-state index contributed by atoms with van der Waals surface area (Å²) in [6.45, 7) is 4.68. The summed E-state index contributed by atoms with van der Waals surface area (Å²) >= 11 is 0. The van der Waals surface area contributed by atoms with E-state index in [1.165, 1.54) is 32.4 Å². The lowest BCUT2D eigenvalue weighted by molar-refractivity contribution is 0.210. The third kappa shape index (κ3) is 5.26. The lowest BCUT2D eigenvalue weighted by Gasteiger charge is -2.27. The van der Waals surface area contributed by atoms with Gasteiger partial charge < -0.3 is 25.0 Å². The monoisotopic (exact) mass is 347 g/mol. The van der Waals surface area contributed by atoms with Gasteiger partial charge >= 0.3 is 6.03 Å². The fourth-order valence-corrected chi connectivity index (χ4v) is 3.51. The molecule has 1 fully saturated rings. The largest absolute Gasteiger partial charge is 0.497 e. The van der Waals surface area contributed by atoms with Gasteiger partial charge in [-0.1, -0.05) is 6.42 Å². The van der Waals surface area contributed by atoms with Crippen molar-refractivity contribution in [2.75, 3.05) is 39.9 Å². The maximum absolute atomic E-state index is 12.1. The van der Waals surface area contributed by atoms with Crippen LogP contribution < -0.4 is 20.1 Å². The molecule has 2 amide bonds. The number of hydrogen-bond acceptors (Lipinski definition) is 4. The van der Waals surface area contributed by atoms with Crippen LogP contribution in [0.2, 0.25) is 0 Å². The first-order valence-corrected chi connectivity index (χ1v) is 9.31. The van der Waals surface area contributed by atoms with Crippen molar-refractivity contribution >= 4 is 6.03 Å². The minimum atomic E-state index is -0.112. The maximum atomic E-state index is 12.1. The summed E-state index contributed by atoms with van der Waals surface area (Å²) in [5, 5.41) is 5.97. The SMILES string of the molecule is COc1ccc2c(c1)C[C@H](NC(=O)NCCCN1CCCCC1)CO2. The smallest absolute Gasteiger partial charge is 0.315 e. The van der Waals surface area contributed by atoms with Gasteiger partial charge in [-0.05, 0) is 69.1 Å². The summed E-state index contributed by atoms with van der Waals surface area (Å²) < 4.78 is 11.0. The summed E-state index contributed by atoms with van der Waals surface area (Å²) in [6, 6.07) is 5.66. The molecule has 0 unspecified atom stereocenters.